The first kappa shape index (κ1) is 27.8. The Bertz CT molecular complexity index is 554. The molecule has 180 valence electrons. The molecule has 0 bridgehead atoms. The molecule has 1 unspecified atom stereocenters. The molecule has 0 aromatic rings. The van der Waals surface area contributed by atoms with Crippen molar-refractivity contribution in [2.24, 2.45) is 11.8 Å². The molecular formula is C24H44N2O4S. The van der Waals surface area contributed by atoms with E-state index in [0.29, 0.717) is 19.4 Å². The SMILES string of the molecule is CC(C)C[C@@H](C(=O)NC1CCCCCCCCCCNC1=O)[C@@H](S)CC(=O)OC(C)C. The Kier molecular flexibility index (Phi) is 13.9. The topological polar surface area (TPSA) is 84.5 Å². The van der Waals surface area contributed by atoms with Crippen LogP contribution in [0.15, 0.2) is 0 Å². The number of thiol groups is 1. The Morgan fingerprint density at radius 2 is 1.61 bits per heavy atom. The molecule has 2 N–H and O–H groups in total. The van der Waals surface area contributed by atoms with E-state index < -0.39 is 17.2 Å². The van der Waals surface area contributed by atoms with Crippen LogP contribution in [-0.2, 0) is 19.1 Å². The predicted molar refractivity (Wildman–Crippen MR) is 128 cm³/mol. The van der Waals surface area contributed by atoms with Gasteiger partial charge in [-0.1, -0.05) is 58.8 Å². The number of nitrogens with one attached hydrogen (secondary N) is 2. The molecule has 1 aliphatic heterocycles. The minimum absolute atomic E-state index is 0.0724. The van der Waals surface area contributed by atoms with Gasteiger partial charge in [-0.25, -0.2) is 0 Å². The Morgan fingerprint density at radius 3 is 2.19 bits per heavy atom. The molecule has 0 radical (unpaired) electrons. The van der Waals surface area contributed by atoms with Gasteiger partial charge in [-0.3, -0.25) is 14.4 Å². The number of ether oxygens (including phenoxy) is 1. The summed E-state index contributed by atoms with van der Waals surface area (Å²) < 4.78 is 5.23. The lowest BCUT2D eigenvalue weighted by Gasteiger charge is -2.27. The van der Waals surface area contributed by atoms with Crippen molar-refractivity contribution in [1.82, 2.24) is 10.6 Å². The number of esters is 1. The van der Waals surface area contributed by atoms with Gasteiger partial charge in [0.1, 0.15) is 6.04 Å². The van der Waals surface area contributed by atoms with Gasteiger partial charge in [0, 0.05) is 11.8 Å². The van der Waals surface area contributed by atoms with Crippen molar-refractivity contribution in [2.75, 3.05) is 6.54 Å². The molecule has 7 heteroatoms. The van der Waals surface area contributed by atoms with E-state index in [4.69, 9.17) is 4.74 Å². The first-order valence-electron chi connectivity index (χ1n) is 12.2. The van der Waals surface area contributed by atoms with Crippen molar-refractivity contribution in [3.63, 3.8) is 0 Å². The van der Waals surface area contributed by atoms with Crippen LogP contribution in [0.25, 0.3) is 0 Å². The quantitative estimate of drug-likeness (QED) is 0.373. The second-order valence-corrected chi connectivity index (χ2v) is 10.2. The summed E-state index contributed by atoms with van der Waals surface area (Å²) in [5, 5.41) is 5.52. The number of hydrogen-bond donors (Lipinski definition) is 3. The maximum atomic E-state index is 13.2. The lowest BCUT2D eigenvalue weighted by atomic mass is 9.91. The van der Waals surface area contributed by atoms with E-state index in [1.54, 1.807) is 13.8 Å². The molecule has 31 heavy (non-hydrogen) atoms. The average molecular weight is 457 g/mol. The highest BCUT2D eigenvalue weighted by atomic mass is 32.1. The largest absolute Gasteiger partial charge is 0.463 e. The molecule has 0 aliphatic carbocycles. The second-order valence-electron chi connectivity index (χ2n) is 9.52. The molecule has 1 heterocycles. The average Bonchev–Trinajstić information content (AvgIpc) is 2.69. The number of carbonyl (C=O) groups excluding carboxylic acids is 3. The first-order valence-corrected chi connectivity index (χ1v) is 12.7. The summed E-state index contributed by atoms with van der Waals surface area (Å²) in [5.74, 6) is -0.849. The van der Waals surface area contributed by atoms with E-state index in [-0.39, 0.29) is 36.2 Å². The minimum Gasteiger partial charge on any atom is -0.463 e. The summed E-state index contributed by atoms with van der Waals surface area (Å²) in [7, 11) is 0. The van der Waals surface area contributed by atoms with Gasteiger partial charge >= 0.3 is 5.97 Å². The van der Waals surface area contributed by atoms with Crippen LogP contribution < -0.4 is 10.6 Å². The zero-order chi connectivity index (χ0) is 23.2. The number of hydrogen-bond acceptors (Lipinski definition) is 5. The summed E-state index contributed by atoms with van der Waals surface area (Å²) in [6.45, 7) is 8.33. The van der Waals surface area contributed by atoms with E-state index in [1.807, 2.05) is 13.8 Å². The number of amides is 2. The van der Waals surface area contributed by atoms with Gasteiger partial charge < -0.3 is 15.4 Å². The molecule has 1 rings (SSSR count). The third-order valence-corrected chi connectivity index (χ3v) is 6.16. The maximum absolute atomic E-state index is 13.2. The third kappa shape index (κ3) is 12.4. The Balaban J connectivity index is 2.80. The predicted octanol–water partition coefficient (Wildman–Crippen LogP) is 4.41. The highest BCUT2D eigenvalue weighted by Gasteiger charge is 2.31. The summed E-state index contributed by atoms with van der Waals surface area (Å²) in [5.41, 5.74) is 0. The van der Waals surface area contributed by atoms with Crippen LogP contribution >= 0.6 is 12.6 Å². The van der Waals surface area contributed by atoms with E-state index in [2.05, 4.69) is 23.3 Å². The fourth-order valence-corrected chi connectivity index (χ4v) is 4.39. The molecule has 3 atom stereocenters. The van der Waals surface area contributed by atoms with Gasteiger partial charge in [0.05, 0.1) is 18.4 Å². The van der Waals surface area contributed by atoms with Crippen molar-refractivity contribution in [1.29, 1.82) is 0 Å². The third-order valence-electron chi connectivity index (χ3n) is 5.62. The molecular weight excluding hydrogens is 412 g/mol. The van der Waals surface area contributed by atoms with Crippen LogP contribution in [0.3, 0.4) is 0 Å². The fraction of sp³-hybridized carbons (Fsp3) is 0.875. The standard InChI is InChI=1S/C24H44N2O4S/c1-17(2)15-19(21(31)16-22(27)30-18(3)4)23(28)26-20-13-11-9-7-5-6-8-10-12-14-25-24(20)29/h17-21,31H,5-16H2,1-4H3,(H,25,29)(H,26,28)/t19-,20?,21+/m1/s1. The van der Waals surface area contributed by atoms with Crippen LogP contribution in [0, 0.1) is 11.8 Å². The lowest BCUT2D eigenvalue weighted by Crippen LogP contribution is -2.50. The zero-order valence-corrected chi connectivity index (χ0v) is 20.8. The van der Waals surface area contributed by atoms with Gasteiger partial charge in [-0.2, -0.15) is 12.6 Å². The summed E-state index contributed by atoms with van der Waals surface area (Å²) in [4.78, 5) is 38.0. The van der Waals surface area contributed by atoms with E-state index in [1.165, 1.54) is 25.7 Å². The minimum atomic E-state index is -0.536. The van der Waals surface area contributed by atoms with Gasteiger partial charge in [0.25, 0.3) is 0 Å². The molecule has 0 aromatic carbocycles. The Labute approximate surface area is 194 Å². The summed E-state index contributed by atoms with van der Waals surface area (Å²) in [6.07, 6.45) is 10.1. The summed E-state index contributed by atoms with van der Waals surface area (Å²) >= 11 is 4.59. The number of carbonyl (C=O) groups is 3. The van der Waals surface area contributed by atoms with Crippen molar-refractivity contribution in [3.8, 4) is 0 Å². The van der Waals surface area contributed by atoms with Crippen LogP contribution in [-0.4, -0.2) is 41.7 Å². The van der Waals surface area contributed by atoms with E-state index >= 15 is 0 Å². The molecule has 0 spiro atoms. The van der Waals surface area contributed by atoms with Gasteiger partial charge in [0.2, 0.25) is 11.8 Å². The monoisotopic (exact) mass is 456 g/mol. The normalized spacial score (nSPS) is 21.3. The van der Waals surface area contributed by atoms with Gasteiger partial charge in [-0.05, 0) is 39.0 Å². The van der Waals surface area contributed by atoms with Gasteiger partial charge in [-0.15, -0.1) is 0 Å². The van der Waals surface area contributed by atoms with Gasteiger partial charge in [0.15, 0.2) is 0 Å². The highest BCUT2D eigenvalue weighted by molar-refractivity contribution is 7.81. The van der Waals surface area contributed by atoms with Crippen LogP contribution in [0.5, 0.6) is 0 Å². The van der Waals surface area contributed by atoms with Crippen LogP contribution in [0.4, 0.5) is 0 Å². The summed E-state index contributed by atoms with van der Waals surface area (Å²) in [6, 6.07) is -0.536. The number of rotatable bonds is 8. The zero-order valence-electron chi connectivity index (χ0n) is 20.0. The molecule has 0 aromatic heterocycles. The molecule has 1 aliphatic rings. The molecule has 1 saturated heterocycles. The van der Waals surface area contributed by atoms with Crippen molar-refractivity contribution < 1.29 is 19.1 Å². The van der Waals surface area contributed by atoms with Crippen molar-refractivity contribution >= 4 is 30.4 Å². The van der Waals surface area contributed by atoms with E-state index in [9.17, 15) is 14.4 Å². The second kappa shape index (κ2) is 15.5. The first-order chi connectivity index (χ1) is 14.7. The highest BCUT2D eigenvalue weighted by Crippen LogP contribution is 2.24. The molecule has 1 fully saturated rings. The van der Waals surface area contributed by atoms with Crippen molar-refractivity contribution in [3.05, 3.63) is 0 Å². The van der Waals surface area contributed by atoms with Crippen LogP contribution in [0.2, 0.25) is 0 Å². The Hall–Kier alpha value is -1.24. The maximum Gasteiger partial charge on any atom is 0.307 e. The van der Waals surface area contributed by atoms with Crippen LogP contribution in [0.1, 0.15) is 98.3 Å². The Morgan fingerprint density at radius 1 is 1.03 bits per heavy atom. The van der Waals surface area contributed by atoms with Crippen molar-refractivity contribution in [2.45, 2.75) is 116 Å². The molecule has 2 amide bonds. The molecule has 6 nitrogen and oxygen atoms in total. The molecule has 0 saturated carbocycles. The van der Waals surface area contributed by atoms with E-state index in [0.717, 1.165) is 25.7 Å². The smallest absolute Gasteiger partial charge is 0.307 e. The fourth-order valence-electron chi connectivity index (χ4n) is 3.99. The lowest BCUT2D eigenvalue weighted by molar-refractivity contribution is -0.147.